The summed E-state index contributed by atoms with van der Waals surface area (Å²) in [7, 11) is 1.26. The summed E-state index contributed by atoms with van der Waals surface area (Å²) in [5, 5.41) is 0. The largest absolute Gasteiger partial charge is 0.466 e. The number of nitrogens with zero attached hydrogens (tertiary/aromatic N) is 1. The normalized spacial score (nSPS) is 17.6. The van der Waals surface area contributed by atoms with Crippen LogP contribution in [0, 0.1) is 0 Å². The highest BCUT2D eigenvalue weighted by Gasteiger charge is 2.33. The zero-order chi connectivity index (χ0) is 12.9. The van der Waals surface area contributed by atoms with E-state index in [9.17, 15) is 9.59 Å². The number of hydrogen-bond donors (Lipinski definition) is 0. The molecule has 1 heterocycles. The van der Waals surface area contributed by atoms with E-state index in [1.807, 2.05) is 4.90 Å². The van der Waals surface area contributed by atoms with Gasteiger partial charge < -0.3 is 14.2 Å². The van der Waals surface area contributed by atoms with Crippen LogP contribution in [0.3, 0.4) is 0 Å². The van der Waals surface area contributed by atoms with Crippen LogP contribution in [-0.4, -0.2) is 62.4 Å². The fourth-order valence-corrected chi connectivity index (χ4v) is 1.55. The number of esters is 2. The van der Waals surface area contributed by atoms with E-state index < -0.39 is 17.5 Å². The van der Waals surface area contributed by atoms with Crippen LogP contribution in [0.15, 0.2) is 0 Å². The fraction of sp³-hybridized carbons (Fsp3) is 0.818. The van der Waals surface area contributed by atoms with Crippen LogP contribution in [0.1, 0.15) is 13.8 Å². The Kier molecular flexibility index (Phi) is 4.89. The molecule has 0 aliphatic carbocycles. The third-order valence-electron chi connectivity index (χ3n) is 2.50. The second-order valence-corrected chi connectivity index (χ2v) is 4.36. The molecule has 0 N–H and O–H groups in total. The summed E-state index contributed by atoms with van der Waals surface area (Å²) in [5.74, 6) is -0.991. The Labute approximate surface area is 101 Å². The topological polar surface area (TPSA) is 65.1 Å². The lowest BCUT2D eigenvalue weighted by atomic mass is 10.1. The van der Waals surface area contributed by atoms with Crippen LogP contribution in [0.25, 0.3) is 0 Å². The molecule has 0 aromatic carbocycles. The van der Waals surface area contributed by atoms with Crippen molar-refractivity contribution >= 4 is 11.9 Å². The summed E-state index contributed by atoms with van der Waals surface area (Å²) >= 11 is 0. The lowest BCUT2D eigenvalue weighted by Crippen LogP contribution is -2.44. The van der Waals surface area contributed by atoms with Gasteiger partial charge in [0.25, 0.3) is 0 Å². The average Bonchev–Trinajstić information content (AvgIpc) is 2.28. The van der Waals surface area contributed by atoms with Crippen LogP contribution in [-0.2, 0) is 23.8 Å². The third-order valence-corrected chi connectivity index (χ3v) is 2.50. The highest BCUT2D eigenvalue weighted by atomic mass is 16.6. The third kappa shape index (κ3) is 4.32. The van der Waals surface area contributed by atoms with E-state index in [1.54, 1.807) is 0 Å². The van der Waals surface area contributed by atoms with Crippen LogP contribution in [0.4, 0.5) is 0 Å². The lowest BCUT2D eigenvalue weighted by Gasteiger charge is -2.27. The molecule has 17 heavy (non-hydrogen) atoms. The molecule has 6 nitrogen and oxygen atoms in total. The van der Waals surface area contributed by atoms with Gasteiger partial charge in [0.2, 0.25) is 5.60 Å². The average molecular weight is 245 g/mol. The first-order valence-corrected chi connectivity index (χ1v) is 5.56. The molecule has 1 rings (SSSR count). The molecule has 0 amide bonds. The first-order chi connectivity index (χ1) is 7.95. The number of ether oxygens (including phenoxy) is 3. The number of rotatable bonds is 4. The lowest BCUT2D eigenvalue weighted by molar-refractivity contribution is -0.177. The molecule has 1 aliphatic heterocycles. The van der Waals surface area contributed by atoms with Crippen molar-refractivity contribution in [2.24, 2.45) is 0 Å². The zero-order valence-corrected chi connectivity index (χ0v) is 10.5. The molecule has 0 atom stereocenters. The monoisotopic (exact) mass is 245 g/mol. The summed E-state index contributed by atoms with van der Waals surface area (Å²) in [4.78, 5) is 24.9. The van der Waals surface area contributed by atoms with E-state index >= 15 is 0 Å². The summed E-state index contributed by atoms with van der Waals surface area (Å²) in [6, 6.07) is 0. The van der Waals surface area contributed by atoms with Crippen molar-refractivity contribution < 1.29 is 23.8 Å². The van der Waals surface area contributed by atoms with Crippen molar-refractivity contribution in [1.82, 2.24) is 4.90 Å². The van der Waals surface area contributed by atoms with Crippen LogP contribution in [0.2, 0.25) is 0 Å². The zero-order valence-electron chi connectivity index (χ0n) is 10.5. The smallest absolute Gasteiger partial charge is 0.349 e. The van der Waals surface area contributed by atoms with E-state index in [0.717, 1.165) is 0 Å². The minimum atomic E-state index is -1.24. The van der Waals surface area contributed by atoms with Crippen molar-refractivity contribution in [3.63, 3.8) is 0 Å². The van der Waals surface area contributed by atoms with Crippen LogP contribution in [0.5, 0.6) is 0 Å². The molecule has 1 saturated heterocycles. The fourth-order valence-electron chi connectivity index (χ4n) is 1.55. The molecule has 6 heteroatoms. The maximum atomic E-state index is 11.6. The van der Waals surface area contributed by atoms with Crippen LogP contribution >= 0.6 is 0 Å². The summed E-state index contributed by atoms with van der Waals surface area (Å²) < 4.78 is 14.8. The van der Waals surface area contributed by atoms with Gasteiger partial charge in [-0.1, -0.05) is 0 Å². The second kappa shape index (κ2) is 5.97. The van der Waals surface area contributed by atoms with Crippen molar-refractivity contribution in [2.45, 2.75) is 19.4 Å². The molecule has 0 bridgehead atoms. The van der Waals surface area contributed by atoms with E-state index in [4.69, 9.17) is 9.47 Å². The summed E-state index contributed by atoms with van der Waals surface area (Å²) in [6.07, 6.45) is 0. The maximum Gasteiger partial charge on any atom is 0.349 e. The summed E-state index contributed by atoms with van der Waals surface area (Å²) in [5.41, 5.74) is -1.24. The molecule has 0 spiro atoms. The number of morpholine rings is 1. The highest BCUT2D eigenvalue weighted by molar-refractivity contribution is 5.83. The van der Waals surface area contributed by atoms with Gasteiger partial charge in [-0.3, -0.25) is 9.69 Å². The van der Waals surface area contributed by atoms with Crippen molar-refractivity contribution in [3.8, 4) is 0 Å². The highest BCUT2D eigenvalue weighted by Crippen LogP contribution is 2.12. The maximum absolute atomic E-state index is 11.6. The standard InChI is InChI=1S/C11H19NO5/c1-11(2,10(14)15-3)17-9(13)8-12-4-6-16-7-5-12/h4-8H2,1-3H3. The molecule has 0 unspecified atom stereocenters. The van der Waals surface area contributed by atoms with Gasteiger partial charge in [-0.05, 0) is 13.8 Å². The van der Waals surface area contributed by atoms with E-state index in [-0.39, 0.29) is 6.54 Å². The predicted octanol–water partition coefficient (Wildman–Crippen LogP) is -0.187. The van der Waals surface area contributed by atoms with Crippen LogP contribution < -0.4 is 0 Å². The van der Waals surface area contributed by atoms with Gasteiger partial charge in [0.15, 0.2) is 0 Å². The van der Waals surface area contributed by atoms with E-state index in [2.05, 4.69) is 4.74 Å². The Balaban J connectivity index is 2.40. The second-order valence-electron chi connectivity index (χ2n) is 4.36. The first-order valence-electron chi connectivity index (χ1n) is 5.56. The SMILES string of the molecule is COC(=O)C(C)(C)OC(=O)CN1CCOCC1. The predicted molar refractivity (Wildman–Crippen MR) is 59.4 cm³/mol. The van der Waals surface area contributed by atoms with Gasteiger partial charge in [0.1, 0.15) is 0 Å². The van der Waals surface area contributed by atoms with Gasteiger partial charge in [-0.15, -0.1) is 0 Å². The van der Waals surface area contributed by atoms with Gasteiger partial charge in [-0.25, -0.2) is 4.79 Å². The van der Waals surface area contributed by atoms with Crippen molar-refractivity contribution in [3.05, 3.63) is 0 Å². The van der Waals surface area contributed by atoms with Gasteiger partial charge >= 0.3 is 11.9 Å². The number of carbonyl (C=O) groups excluding carboxylic acids is 2. The van der Waals surface area contributed by atoms with Gasteiger partial charge in [0.05, 0.1) is 26.9 Å². The van der Waals surface area contributed by atoms with Crippen molar-refractivity contribution in [2.75, 3.05) is 40.0 Å². The Bertz CT molecular complexity index is 284. The number of hydrogen-bond acceptors (Lipinski definition) is 6. The molecule has 0 aromatic rings. The molecular weight excluding hydrogens is 226 g/mol. The minimum Gasteiger partial charge on any atom is -0.466 e. The van der Waals surface area contributed by atoms with Crippen molar-refractivity contribution in [1.29, 1.82) is 0 Å². The first kappa shape index (κ1) is 13.9. The van der Waals surface area contributed by atoms with Gasteiger partial charge in [0, 0.05) is 13.1 Å². The quantitative estimate of drug-likeness (QED) is 0.640. The van der Waals surface area contributed by atoms with Gasteiger partial charge in [-0.2, -0.15) is 0 Å². The Hall–Kier alpha value is -1.14. The Morgan fingerprint density at radius 3 is 2.41 bits per heavy atom. The number of carbonyl (C=O) groups is 2. The molecule has 1 fully saturated rings. The molecule has 0 aromatic heterocycles. The molecule has 1 aliphatic rings. The molecule has 0 saturated carbocycles. The molecule has 98 valence electrons. The van der Waals surface area contributed by atoms with E-state index in [0.29, 0.717) is 26.3 Å². The Morgan fingerprint density at radius 1 is 1.29 bits per heavy atom. The molecule has 0 radical (unpaired) electrons. The summed E-state index contributed by atoms with van der Waals surface area (Å²) in [6.45, 7) is 5.83. The minimum absolute atomic E-state index is 0.170. The Morgan fingerprint density at radius 2 is 1.88 bits per heavy atom. The van der Waals surface area contributed by atoms with E-state index in [1.165, 1.54) is 21.0 Å². The molecular formula is C11H19NO5. The number of methoxy groups -OCH3 is 1.